The average Bonchev–Trinajstić information content (AvgIpc) is 2.16. The van der Waals surface area contributed by atoms with Crippen LogP contribution in [0.15, 0.2) is 0 Å². The molecule has 0 aromatic carbocycles. The first kappa shape index (κ1) is 15.6. The third-order valence-corrected chi connectivity index (χ3v) is 3.06. The summed E-state index contributed by atoms with van der Waals surface area (Å²) in [7, 11) is -1.21. The molecule has 0 saturated carbocycles. The monoisotopic (exact) mass is 261 g/mol. The molecule has 0 aliphatic heterocycles. The molecule has 1 N–H and O–H groups in total. The molecule has 0 aliphatic rings. The van der Waals surface area contributed by atoms with Crippen molar-refractivity contribution >= 4 is 14.3 Å². The van der Waals surface area contributed by atoms with Crippen molar-refractivity contribution in [2.45, 2.75) is 20.0 Å². The fourth-order valence-electron chi connectivity index (χ4n) is 0.815. The van der Waals surface area contributed by atoms with E-state index in [4.69, 9.17) is 9.05 Å². The van der Waals surface area contributed by atoms with Crippen molar-refractivity contribution in [2.24, 2.45) is 0 Å². The number of hydrogen-bond acceptors (Lipinski definition) is 3. The van der Waals surface area contributed by atoms with Crippen LogP contribution in [-0.4, -0.2) is 38.0 Å². The molecule has 0 spiro atoms. The van der Waals surface area contributed by atoms with Crippen LogP contribution in [0.25, 0.3) is 0 Å². The molecular weight excluding hydrogens is 246 g/mol. The molecule has 8 heteroatoms. The average molecular weight is 261 g/mol. The first-order valence-electron chi connectivity index (χ1n) is 4.80. The largest absolute Gasteiger partial charge is 0.471 e. The summed E-state index contributed by atoms with van der Waals surface area (Å²) in [5.74, 6) is -1.93. The Morgan fingerprint density at radius 3 is 2.12 bits per heavy atom. The minimum atomic E-state index is -4.83. The predicted octanol–water partition coefficient (Wildman–Crippen LogP) is 2.05. The van der Waals surface area contributed by atoms with Crippen molar-refractivity contribution < 1.29 is 27.0 Å². The zero-order valence-electron chi connectivity index (χ0n) is 9.13. The van der Waals surface area contributed by atoms with E-state index in [0.29, 0.717) is 13.2 Å². The van der Waals surface area contributed by atoms with Gasteiger partial charge in [-0.05, 0) is 13.8 Å². The van der Waals surface area contributed by atoms with E-state index >= 15 is 0 Å². The summed E-state index contributed by atoms with van der Waals surface area (Å²) >= 11 is 0. The number of rotatable bonds is 7. The Morgan fingerprint density at radius 1 is 1.25 bits per heavy atom. The minimum Gasteiger partial charge on any atom is -0.348 e. The Kier molecular flexibility index (Phi) is 7.62. The van der Waals surface area contributed by atoms with Crippen LogP contribution in [-0.2, 0) is 13.8 Å². The van der Waals surface area contributed by atoms with Gasteiger partial charge in [-0.2, -0.15) is 13.2 Å². The Labute approximate surface area is 93.4 Å². The molecule has 0 atom stereocenters. The van der Waals surface area contributed by atoms with Crippen LogP contribution in [0.2, 0.25) is 0 Å². The molecule has 0 rings (SSSR count). The van der Waals surface area contributed by atoms with Crippen LogP contribution >= 0.6 is 8.38 Å². The van der Waals surface area contributed by atoms with Gasteiger partial charge in [0, 0.05) is 12.7 Å². The maximum absolute atomic E-state index is 11.8. The molecule has 0 bridgehead atoms. The number of carbonyl (C=O) groups is 1. The SMILES string of the molecule is CCOP(CCNC(=O)C(F)(F)F)OCC. The van der Waals surface area contributed by atoms with Crippen molar-refractivity contribution in [3.63, 3.8) is 0 Å². The highest BCUT2D eigenvalue weighted by Crippen LogP contribution is 2.36. The number of alkyl halides is 3. The van der Waals surface area contributed by atoms with E-state index in [-0.39, 0.29) is 12.7 Å². The molecule has 0 unspecified atom stereocenters. The van der Waals surface area contributed by atoms with E-state index in [1.165, 1.54) is 0 Å². The van der Waals surface area contributed by atoms with Gasteiger partial charge in [-0.1, -0.05) is 0 Å². The van der Waals surface area contributed by atoms with Crippen molar-refractivity contribution in [2.75, 3.05) is 25.9 Å². The number of amides is 1. The molecule has 0 aromatic rings. The Balaban J connectivity index is 3.81. The third-order valence-electron chi connectivity index (χ3n) is 1.38. The topological polar surface area (TPSA) is 47.6 Å². The van der Waals surface area contributed by atoms with Gasteiger partial charge in [0.05, 0.1) is 13.2 Å². The zero-order chi connectivity index (χ0) is 12.6. The second-order valence-corrected chi connectivity index (χ2v) is 4.27. The number of nitrogens with one attached hydrogen (secondary N) is 1. The van der Waals surface area contributed by atoms with E-state index in [0.717, 1.165) is 0 Å². The van der Waals surface area contributed by atoms with Gasteiger partial charge in [-0.3, -0.25) is 4.79 Å². The summed E-state index contributed by atoms with van der Waals surface area (Å²) < 4.78 is 45.7. The van der Waals surface area contributed by atoms with Crippen LogP contribution in [0.5, 0.6) is 0 Å². The normalized spacial score (nSPS) is 11.9. The summed E-state index contributed by atoms with van der Waals surface area (Å²) in [4.78, 5) is 10.5. The summed E-state index contributed by atoms with van der Waals surface area (Å²) in [6.07, 6.45) is -4.58. The summed E-state index contributed by atoms with van der Waals surface area (Å²) in [5.41, 5.74) is 0. The molecule has 0 saturated heterocycles. The molecular formula is C8H15F3NO3P. The van der Waals surface area contributed by atoms with Gasteiger partial charge in [-0.15, -0.1) is 0 Å². The lowest BCUT2D eigenvalue weighted by Crippen LogP contribution is -2.38. The van der Waals surface area contributed by atoms with Crippen LogP contribution in [0.1, 0.15) is 13.8 Å². The lowest BCUT2D eigenvalue weighted by molar-refractivity contribution is -0.173. The molecule has 0 aromatic heterocycles. The van der Waals surface area contributed by atoms with E-state index in [9.17, 15) is 18.0 Å². The molecule has 96 valence electrons. The highest BCUT2D eigenvalue weighted by molar-refractivity contribution is 7.47. The van der Waals surface area contributed by atoms with Crippen molar-refractivity contribution in [3.05, 3.63) is 0 Å². The fourth-order valence-corrected chi connectivity index (χ4v) is 2.02. The summed E-state index contributed by atoms with van der Waals surface area (Å²) in [5, 5.41) is 1.76. The smallest absolute Gasteiger partial charge is 0.348 e. The molecule has 4 nitrogen and oxygen atoms in total. The quantitative estimate of drug-likeness (QED) is 0.713. The lowest BCUT2D eigenvalue weighted by Gasteiger charge is -2.16. The predicted molar refractivity (Wildman–Crippen MR) is 54.1 cm³/mol. The fraction of sp³-hybridized carbons (Fsp3) is 0.875. The van der Waals surface area contributed by atoms with Gasteiger partial charge < -0.3 is 14.4 Å². The highest BCUT2D eigenvalue weighted by Gasteiger charge is 2.38. The number of carbonyl (C=O) groups excluding carboxylic acids is 1. The highest BCUT2D eigenvalue weighted by atomic mass is 31.2. The second-order valence-electron chi connectivity index (χ2n) is 2.65. The van der Waals surface area contributed by atoms with Crippen LogP contribution in [0.3, 0.4) is 0 Å². The molecule has 0 heterocycles. The van der Waals surface area contributed by atoms with Crippen molar-refractivity contribution in [1.82, 2.24) is 5.32 Å². The van der Waals surface area contributed by atoms with Crippen LogP contribution in [0, 0.1) is 0 Å². The summed E-state index contributed by atoms with van der Waals surface area (Å²) in [6.45, 7) is 4.28. The van der Waals surface area contributed by atoms with E-state index in [1.807, 2.05) is 0 Å². The maximum Gasteiger partial charge on any atom is 0.471 e. The van der Waals surface area contributed by atoms with E-state index in [1.54, 1.807) is 19.2 Å². The zero-order valence-corrected chi connectivity index (χ0v) is 10.0. The first-order valence-corrected chi connectivity index (χ1v) is 6.16. The van der Waals surface area contributed by atoms with E-state index in [2.05, 4.69) is 0 Å². The van der Waals surface area contributed by atoms with Gasteiger partial charge in [0.15, 0.2) is 8.38 Å². The standard InChI is InChI=1S/C8H15F3NO3P/c1-3-14-16(15-4-2)6-5-12-7(13)8(9,10)11/h3-6H2,1-2H3,(H,12,13). The number of hydrogen-bond donors (Lipinski definition) is 1. The summed E-state index contributed by atoms with van der Waals surface area (Å²) in [6, 6.07) is 0. The molecule has 0 radical (unpaired) electrons. The molecule has 16 heavy (non-hydrogen) atoms. The van der Waals surface area contributed by atoms with Gasteiger partial charge in [0.2, 0.25) is 0 Å². The molecule has 0 fully saturated rings. The second kappa shape index (κ2) is 7.81. The molecule has 0 aliphatic carbocycles. The van der Waals surface area contributed by atoms with Gasteiger partial charge in [0.1, 0.15) is 0 Å². The van der Waals surface area contributed by atoms with Gasteiger partial charge in [0.25, 0.3) is 0 Å². The number of halogens is 3. The Bertz CT molecular complexity index is 207. The maximum atomic E-state index is 11.8. The van der Waals surface area contributed by atoms with Crippen molar-refractivity contribution in [3.8, 4) is 0 Å². The van der Waals surface area contributed by atoms with Crippen LogP contribution in [0.4, 0.5) is 13.2 Å². The van der Waals surface area contributed by atoms with Crippen molar-refractivity contribution in [1.29, 1.82) is 0 Å². The van der Waals surface area contributed by atoms with Crippen LogP contribution < -0.4 is 5.32 Å². The Hall–Kier alpha value is -0.390. The van der Waals surface area contributed by atoms with Gasteiger partial charge >= 0.3 is 12.1 Å². The van der Waals surface area contributed by atoms with E-state index < -0.39 is 20.5 Å². The molecule has 1 amide bonds. The Morgan fingerprint density at radius 2 is 1.75 bits per heavy atom. The lowest BCUT2D eigenvalue weighted by atomic mass is 10.5. The first-order chi connectivity index (χ1) is 7.41. The third kappa shape index (κ3) is 6.98. The van der Waals surface area contributed by atoms with Gasteiger partial charge in [-0.25, -0.2) is 0 Å². The minimum absolute atomic E-state index is 0.107.